The fourth-order valence-electron chi connectivity index (χ4n) is 2.00. The van der Waals surface area contributed by atoms with Gasteiger partial charge in [0.05, 0.1) is 0 Å². The summed E-state index contributed by atoms with van der Waals surface area (Å²) in [6.07, 6.45) is 1.00. The molecule has 2 aromatic rings. The van der Waals surface area contributed by atoms with E-state index in [4.69, 9.17) is 16.3 Å². The van der Waals surface area contributed by atoms with E-state index >= 15 is 0 Å². The zero-order valence-corrected chi connectivity index (χ0v) is 13.0. The van der Waals surface area contributed by atoms with Gasteiger partial charge in [0.25, 0.3) is 0 Å². The Bertz CT molecular complexity index is 616. The van der Waals surface area contributed by atoms with Crippen molar-refractivity contribution in [1.29, 1.82) is 0 Å². The molecule has 0 bridgehead atoms. The van der Waals surface area contributed by atoms with E-state index in [9.17, 15) is 4.39 Å². The van der Waals surface area contributed by atoms with Crippen molar-refractivity contribution in [1.82, 2.24) is 5.32 Å². The van der Waals surface area contributed by atoms with Gasteiger partial charge in [-0.25, -0.2) is 4.39 Å². The first-order chi connectivity index (χ1) is 10.1. The van der Waals surface area contributed by atoms with Crippen LogP contribution in [0.15, 0.2) is 36.4 Å². The summed E-state index contributed by atoms with van der Waals surface area (Å²) in [7, 11) is 0. The standard InChI is InChI=1S/C17H19ClFNO/c1-3-9-20-11-14-16(19)5-4-6-17(14)21-13-7-8-15(18)12(2)10-13/h4-8,10,20H,3,9,11H2,1-2H3. The third kappa shape index (κ3) is 4.19. The molecule has 0 amide bonds. The average molecular weight is 308 g/mol. The first-order valence-electron chi connectivity index (χ1n) is 7.04. The van der Waals surface area contributed by atoms with E-state index in [0.717, 1.165) is 18.5 Å². The van der Waals surface area contributed by atoms with Crippen LogP contribution in [0.2, 0.25) is 5.02 Å². The van der Waals surface area contributed by atoms with Crippen molar-refractivity contribution in [3.63, 3.8) is 0 Å². The molecular formula is C17H19ClFNO. The number of rotatable bonds is 6. The van der Waals surface area contributed by atoms with Crippen LogP contribution in [0.4, 0.5) is 4.39 Å². The quantitative estimate of drug-likeness (QED) is 0.751. The van der Waals surface area contributed by atoms with Crippen LogP contribution in [-0.2, 0) is 6.54 Å². The molecule has 0 aliphatic rings. The van der Waals surface area contributed by atoms with Crippen LogP contribution < -0.4 is 10.1 Å². The Kier molecular flexibility index (Phi) is 5.59. The molecular weight excluding hydrogens is 289 g/mol. The van der Waals surface area contributed by atoms with Crippen molar-refractivity contribution in [2.24, 2.45) is 0 Å². The van der Waals surface area contributed by atoms with Gasteiger partial charge in [0.2, 0.25) is 0 Å². The first-order valence-corrected chi connectivity index (χ1v) is 7.41. The van der Waals surface area contributed by atoms with E-state index in [1.807, 2.05) is 13.0 Å². The molecule has 1 N–H and O–H groups in total. The fraction of sp³-hybridized carbons (Fsp3) is 0.294. The molecule has 2 rings (SSSR count). The molecule has 0 aliphatic heterocycles. The van der Waals surface area contributed by atoms with Gasteiger partial charge in [0, 0.05) is 17.1 Å². The summed E-state index contributed by atoms with van der Waals surface area (Å²) in [5.74, 6) is 0.918. The summed E-state index contributed by atoms with van der Waals surface area (Å²) in [6.45, 7) is 5.27. The zero-order valence-electron chi connectivity index (χ0n) is 12.2. The highest BCUT2D eigenvalue weighted by Gasteiger charge is 2.10. The lowest BCUT2D eigenvalue weighted by Gasteiger charge is -2.13. The predicted octanol–water partition coefficient (Wildman–Crippen LogP) is 5.08. The van der Waals surface area contributed by atoms with Crippen molar-refractivity contribution in [3.8, 4) is 11.5 Å². The van der Waals surface area contributed by atoms with Crippen LogP contribution in [0.5, 0.6) is 11.5 Å². The molecule has 0 unspecified atom stereocenters. The van der Waals surface area contributed by atoms with Gasteiger partial charge >= 0.3 is 0 Å². The van der Waals surface area contributed by atoms with Gasteiger partial charge in [-0.05, 0) is 55.8 Å². The van der Waals surface area contributed by atoms with Crippen molar-refractivity contribution in [2.45, 2.75) is 26.8 Å². The molecule has 112 valence electrons. The topological polar surface area (TPSA) is 21.3 Å². The molecule has 0 fully saturated rings. The van der Waals surface area contributed by atoms with Gasteiger partial charge in [0.1, 0.15) is 17.3 Å². The van der Waals surface area contributed by atoms with E-state index in [1.54, 1.807) is 24.3 Å². The van der Waals surface area contributed by atoms with E-state index in [-0.39, 0.29) is 5.82 Å². The van der Waals surface area contributed by atoms with Crippen LogP contribution in [-0.4, -0.2) is 6.54 Å². The van der Waals surface area contributed by atoms with E-state index in [1.165, 1.54) is 6.07 Å². The molecule has 0 atom stereocenters. The number of halogens is 2. The van der Waals surface area contributed by atoms with Gasteiger partial charge in [0.15, 0.2) is 0 Å². The minimum atomic E-state index is -0.262. The van der Waals surface area contributed by atoms with Crippen LogP contribution in [0.1, 0.15) is 24.5 Å². The van der Waals surface area contributed by atoms with Crippen LogP contribution >= 0.6 is 11.6 Å². The second-order valence-corrected chi connectivity index (χ2v) is 5.31. The maximum absolute atomic E-state index is 14.0. The van der Waals surface area contributed by atoms with Gasteiger partial charge < -0.3 is 10.1 Å². The monoisotopic (exact) mass is 307 g/mol. The highest BCUT2D eigenvalue weighted by atomic mass is 35.5. The van der Waals surface area contributed by atoms with Crippen LogP contribution in [0.3, 0.4) is 0 Å². The maximum atomic E-state index is 14.0. The molecule has 0 spiro atoms. The highest BCUT2D eigenvalue weighted by molar-refractivity contribution is 6.31. The minimum Gasteiger partial charge on any atom is -0.457 e. The van der Waals surface area contributed by atoms with E-state index < -0.39 is 0 Å². The van der Waals surface area contributed by atoms with Gasteiger partial charge in [-0.1, -0.05) is 24.6 Å². The molecule has 21 heavy (non-hydrogen) atoms. The van der Waals surface area contributed by atoms with Crippen molar-refractivity contribution in [2.75, 3.05) is 6.54 Å². The third-order valence-electron chi connectivity index (χ3n) is 3.16. The number of nitrogens with one attached hydrogen (secondary N) is 1. The third-order valence-corrected chi connectivity index (χ3v) is 3.59. The number of hydrogen-bond donors (Lipinski definition) is 1. The number of ether oxygens (including phenoxy) is 1. The Morgan fingerprint density at radius 1 is 1.24 bits per heavy atom. The predicted molar refractivity (Wildman–Crippen MR) is 84.7 cm³/mol. The molecule has 0 aliphatic carbocycles. The Morgan fingerprint density at radius 2 is 2.05 bits per heavy atom. The average Bonchev–Trinajstić information content (AvgIpc) is 2.46. The van der Waals surface area contributed by atoms with Crippen LogP contribution in [0.25, 0.3) is 0 Å². The Labute approximate surface area is 129 Å². The summed E-state index contributed by atoms with van der Waals surface area (Å²) in [6, 6.07) is 10.3. The van der Waals surface area contributed by atoms with Crippen molar-refractivity contribution >= 4 is 11.6 Å². The molecule has 4 heteroatoms. The lowest BCUT2D eigenvalue weighted by molar-refractivity contribution is 0.461. The summed E-state index contributed by atoms with van der Waals surface area (Å²) < 4.78 is 19.8. The zero-order chi connectivity index (χ0) is 15.2. The molecule has 0 saturated heterocycles. The maximum Gasteiger partial charge on any atom is 0.134 e. The Hall–Kier alpha value is -1.58. The molecule has 2 nitrogen and oxygen atoms in total. The van der Waals surface area contributed by atoms with Crippen LogP contribution in [0, 0.1) is 12.7 Å². The SMILES string of the molecule is CCCNCc1c(F)cccc1Oc1ccc(Cl)c(C)c1. The summed E-state index contributed by atoms with van der Waals surface area (Å²) >= 11 is 6.00. The van der Waals surface area contributed by atoms with Gasteiger partial charge in [-0.3, -0.25) is 0 Å². The smallest absolute Gasteiger partial charge is 0.134 e. The van der Waals surface area contributed by atoms with Crippen molar-refractivity contribution < 1.29 is 9.13 Å². The minimum absolute atomic E-state index is 0.262. The molecule has 0 radical (unpaired) electrons. The van der Waals surface area contributed by atoms with E-state index in [2.05, 4.69) is 12.2 Å². The lowest BCUT2D eigenvalue weighted by Crippen LogP contribution is -2.15. The number of benzene rings is 2. The molecule has 0 heterocycles. The summed E-state index contributed by atoms with van der Waals surface area (Å²) in [5, 5.41) is 3.88. The number of aryl methyl sites for hydroxylation is 1. The molecule has 0 aromatic heterocycles. The largest absolute Gasteiger partial charge is 0.457 e. The summed E-state index contributed by atoms with van der Waals surface area (Å²) in [5.41, 5.74) is 1.47. The number of hydrogen-bond acceptors (Lipinski definition) is 2. The normalized spacial score (nSPS) is 10.7. The Balaban J connectivity index is 2.22. The van der Waals surface area contributed by atoms with Gasteiger partial charge in [-0.15, -0.1) is 0 Å². The van der Waals surface area contributed by atoms with E-state index in [0.29, 0.717) is 28.6 Å². The Morgan fingerprint density at radius 3 is 2.76 bits per heavy atom. The second-order valence-electron chi connectivity index (χ2n) is 4.91. The highest BCUT2D eigenvalue weighted by Crippen LogP contribution is 2.29. The van der Waals surface area contributed by atoms with Gasteiger partial charge in [-0.2, -0.15) is 0 Å². The second kappa shape index (κ2) is 7.43. The fourth-order valence-corrected chi connectivity index (χ4v) is 2.12. The summed E-state index contributed by atoms with van der Waals surface area (Å²) in [4.78, 5) is 0. The molecule has 0 saturated carbocycles. The first kappa shape index (κ1) is 15.8. The van der Waals surface area contributed by atoms with Crippen molar-refractivity contribution in [3.05, 3.63) is 58.4 Å². The molecule has 2 aromatic carbocycles. The lowest BCUT2D eigenvalue weighted by atomic mass is 10.1.